The third kappa shape index (κ3) is 2.11. The molecule has 1 atom stereocenters. The minimum absolute atomic E-state index is 0.215. The van der Waals surface area contributed by atoms with Crippen LogP contribution in [0.15, 0.2) is 18.2 Å². The summed E-state index contributed by atoms with van der Waals surface area (Å²) < 4.78 is 0. The second-order valence-corrected chi connectivity index (χ2v) is 2.79. The van der Waals surface area contributed by atoms with Gasteiger partial charge in [0.1, 0.15) is 0 Å². The highest BCUT2D eigenvalue weighted by atomic mass is 16.3. The van der Waals surface area contributed by atoms with Crippen LogP contribution in [0.2, 0.25) is 0 Å². The van der Waals surface area contributed by atoms with Crippen LogP contribution in [0, 0.1) is 0 Å². The summed E-state index contributed by atoms with van der Waals surface area (Å²) in [4.78, 5) is 0. The topological polar surface area (TPSA) is 72.7 Å². The highest BCUT2D eigenvalue weighted by Gasteiger charge is 2.13. The summed E-state index contributed by atoms with van der Waals surface area (Å²) >= 11 is 0. The first kappa shape index (κ1) is 9.83. The molecule has 1 aromatic rings. The van der Waals surface area contributed by atoms with Crippen molar-refractivity contribution in [2.24, 2.45) is 0 Å². The summed E-state index contributed by atoms with van der Waals surface area (Å²) in [5.74, 6) is -0.474. The van der Waals surface area contributed by atoms with E-state index >= 15 is 0 Å². The number of hydrogen-bond donors (Lipinski definition) is 4. The van der Waals surface area contributed by atoms with Crippen LogP contribution in [-0.2, 0) is 0 Å². The van der Waals surface area contributed by atoms with Crippen LogP contribution in [0.1, 0.15) is 11.7 Å². The van der Waals surface area contributed by atoms with E-state index in [-0.39, 0.29) is 11.5 Å². The van der Waals surface area contributed by atoms with Crippen molar-refractivity contribution < 1.29 is 15.3 Å². The van der Waals surface area contributed by atoms with E-state index in [1.807, 2.05) is 0 Å². The SMILES string of the molecule is CNCC(O)c1cccc(O)c1O. The smallest absolute Gasteiger partial charge is 0.163 e. The van der Waals surface area contributed by atoms with Crippen LogP contribution >= 0.6 is 0 Å². The molecule has 13 heavy (non-hydrogen) atoms. The number of nitrogens with one attached hydrogen (secondary N) is 1. The van der Waals surface area contributed by atoms with Crippen LogP contribution in [-0.4, -0.2) is 28.9 Å². The maximum atomic E-state index is 9.49. The zero-order valence-corrected chi connectivity index (χ0v) is 7.36. The highest BCUT2D eigenvalue weighted by molar-refractivity contribution is 5.45. The van der Waals surface area contributed by atoms with Gasteiger partial charge >= 0.3 is 0 Å². The molecular weight excluding hydrogens is 170 g/mol. The van der Waals surface area contributed by atoms with Crippen molar-refractivity contribution >= 4 is 0 Å². The van der Waals surface area contributed by atoms with Gasteiger partial charge in [0.2, 0.25) is 0 Å². The van der Waals surface area contributed by atoms with E-state index in [1.165, 1.54) is 6.07 Å². The van der Waals surface area contributed by atoms with Gasteiger partial charge in [-0.05, 0) is 13.1 Å². The van der Waals surface area contributed by atoms with Crippen molar-refractivity contribution in [1.29, 1.82) is 0 Å². The van der Waals surface area contributed by atoms with Crippen molar-refractivity contribution in [2.45, 2.75) is 6.10 Å². The predicted octanol–water partition coefficient (Wildman–Crippen LogP) is 0.351. The predicted molar refractivity (Wildman–Crippen MR) is 48.7 cm³/mol. The number of hydrogen-bond acceptors (Lipinski definition) is 4. The number of rotatable bonds is 3. The monoisotopic (exact) mass is 183 g/mol. The van der Waals surface area contributed by atoms with Gasteiger partial charge in [0.25, 0.3) is 0 Å². The largest absolute Gasteiger partial charge is 0.504 e. The molecule has 0 aliphatic carbocycles. The molecule has 0 saturated heterocycles. The number of aliphatic hydroxyl groups excluding tert-OH is 1. The molecule has 0 heterocycles. The van der Waals surface area contributed by atoms with Gasteiger partial charge < -0.3 is 20.6 Å². The van der Waals surface area contributed by atoms with Crippen LogP contribution in [0.5, 0.6) is 11.5 Å². The number of phenols is 2. The zero-order chi connectivity index (χ0) is 9.84. The molecule has 72 valence electrons. The summed E-state index contributed by atoms with van der Waals surface area (Å²) in [6.07, 6.45) is -0.808. The molecule has 1 unspecified atom stereocenters. The standard InChI is InChI=1S/C9H13NO3/c1-10-5-8(12)6-3-2-4-7(11)9(6)13/h2-4,8,10-13H,5H2,1H3. The number of aromatic hydroxyl groups is 2. The number of likely N-dealkylation sites (N-methyl/N-ethyl adjacent to an activating group) is 1. The molecule has 4 N–H and O–H groups in total. The normalized spacial score (nSPS) is 12.8. The van der Waals surface area contributed by atoms with Gasteiger partial charge in [0.15, 0.2) is 11.5 Å². The maximum absolute atomic E-state index is 9.49. The second kappa shape index (κ2) is 4.11. The Kier molecular flexibility index (Phi) is 3.11. The molecule has 0 aliphatic rings. The third-order valence-electron chi connectivity index (χ3n) is 1.80. The van der Waals surface area contributed by atoms with Crippen LogP contribution < -0.4 is 5.32 Å². The first-order valence-electron chi connectivity index (χ1n) is 4.00. The van der Waals surface area contributed by atoms with E-state index in [2.05, 4.69) is 5.32 Å². The summed E-state index contributed by atoms with van der Waals surface area (Å²) in [5.41, 5.74) is 0.328. The van der Waals surface area contributed by atoms with Crippen molar-refractivity contribution in [3.8, 4) is 11.5 Å². The Morgan fingerprint density at radius 1 is 1.38 bits per heavy atom. The second-order valence-electron chi connectivity index (χ2n) is 2.79. The van der Waals surface area contributed by atoms with E-state index in [4.69, 9.17) is 5.11 Å². The lowest BCUT2D eigenvalue weighted by atomic mass is 10.1. The van der Waals surface area contributed by atoms with Gasteiger partial charge in [-0.15, -0.1) is 0 Å². The molecule has 0 fully saturated rings. The summed E-state index contributed by atoms with van der Waals surface area (Å²) in [6.45, 7) is 0.330. The lowest BCUT2D eigenvalue weighted by Crippen LogP contribution is -2.16. The van der Waals surface area contributed by atoms with Crippen molar-refractivity contribution in [2.75, 3.05) is 13.6 Å². The molecule has 4 heteroatoms. The van der Waals surface area contributed by atoms with Crippen molar-refractivity contribution in [3.05, 3.63) is 23.8 Å². The van der Waals surface area contributed by atoms with Gasteiger partial charge in [-0.25, -0.2) is 0 Å². The van der Waals surface area contributed by atoms with Gasteiger partial charge in [0.05, 0.1) is 6.10 Å². The number of aliphatic hydroxyl groups is 1. The molecule has 0 spiro atoms. The van der Waals surface area contributed by atoms with E-state index in [9.17, 15) is 10.2 Å². The average molecular weight is 183 g/mol. The molecule has 0 aliphatic heterocycles. The molecule has 0 radical (unpaired) electrons. The Bertz CT molecular complexity index is 288. The molecule has 0 bridgehead atoms. The minimum Gasteiger partial charge on any atom is -0.504 e. The average Bonchev–Trinajstić information content (AvgIpc) is 2.10. The number of benzene rings is 1. The lowest BCUT2D eigenvalue weighted by Gasteiger charge is -2.12. The van der Waals surface area contributed by atoms with Gasteiger partial charge in [-0.2, -0.15) is 0 Å². The van der Waals surface area contributed by atoms with E-state index in [0.717, 1.165) is 0 Å². The van der Waals surface area contributed by atoms with Crippen LogP contribution in [0.4, 0.5) is 0 Å². The molecule has 0 aromatic heterocycles. The Morgan fingerprint density at radius 3 is 2.69 bits per heavy atom. The zero-order valence-electron chi connectivity index (χ0n) is 7.36. The first-order valence-corrected chi connectivity index (χ1v) is 4.00. The quantitative estimate of drug-likeness (QED) is 0.510. The summed E-state index contributed by atoms with van der Waals surface area (Å²) in [5, 5.41) is 30.8. The van der Waals surface area contributed by atoms with Crippen molar-refractivity contribution in [3.63, 3.8) is 0 Å². The van der Waals surface area contributed by atoms with Gasteiger partial charge in [-0.3, -0.25) is 0 Å². The third-order valence-corrected chi connectivity index (χ3v) is 1.80. The highest BCUT2D eigenvalue weighted by Crippen LogP contribution is 2.31. The van der Waals surface area contributed by atoms with Crippen LogP contribution in [0.25, 0.3) is 0 Å². The molecule has 4 nitrogen and oxygen atoms in total. The van der Waals surface area contributed by atoms with Gasteiger partial charge in [-0.1, -0.05) is 12.1 Å². The Morgan fingerprint density at radius 2 is 2.08 bits per heavy atom. The van der Waals surface area contributed by atoms with E-state index in [0.29, 0.717) is 12.1 Å². The molecule has 1 rings (SSSR count). The molecule has 0 amide bonds. The van der Waals surface area contributed by atoms with Gasteiger partial charge in [0, 0.05) is 12.1 Å². The number of para-hydroxylation sites is 1. The fourth-order valence-corrected chi connectivity index (χ4v) is 1.12. The minimum atomic E-state index is -0.808. The Balaban J connectivity index is 2.93. The lowest BCUT2D eigenvalue weighted by molar-refractivity contribution is 0.173. The summed E-state index contributed by atoms with van der Waals surface area (Å²) in [6, 6.07) is 4.51. The first-order chi connectivity index (χ1) is 6.16. The molecule has 1 aromatic carbocycles. The maximum Gasteiger partial charge on any atom is 0.163 e. The Hall–Kier alpha value is -1.26. The molecule has 0 saturated carbocycles. The summed E-state index contributed by atoms with van der Waals surface area (Å²) in [7, 11) is 1.70. The van der Waals surface area contributed by atoms with Crippen LogP contribution in [0.3, 0.4) is 0 Å². The fraction of sp³-hybridized carbons (Fsp3) is 0.333. The van der Waals surface area contributed by atoms with E-state index < -0.39 is 6.10 Å². The fourth-order valence-electron chi connectivity index (χ4n) is 1.12. The van der Waals surface area contributed by atoms with E-state index in [1.54, 1.807) is 19.2 Å². The molecular formula is C9H13NO3. The number of phenolic OH excluding ortho intramolecular Hbond substituents is 2. The Labute approximate surface area is 76.5 Å². The van der Waals surface area contributed by atoms with Crippen molar-refractivity contribution in [1.82, 2.24) is 5.32 Å².